The standard InChI is InChI=1S/C21H34N4O2/c1-3-22-21(23-10-4-5-11-25-12-8-17(2)9-13-25)24-15-18-6-7-19-20(14-18)27-16-26-19/h6-7,14,17H,3-5,8-13,15-16H2,1-2H3,(H2,22,23,24). The number of rotatable bonds is 8. The maximum absolute atomic E-state index is 5.44. The van der Waals surface area contributed by atoms with Crippen molar-refractivity contribution in [2.75, 3.05) is 39.5 Å². The number of benzene rings is 1. The van der Waals surface area contributed by atoms with Crippen LogP contribution in [0.25, 0.3) is 0 Å². The summed E-state index contributed by atoms with van der Waals surface area (Å²) in [5.41, 5.74) is 1.12. The Bertz CT molecular complexity index is 612. The van der Waals surface area contributed by atoms with Crippen LogP contribution in [0.4, 0.5) is 0 Å². The Morgan fingerprint density at radius 1 is 1.15 bits per heavy atom. The highest BCUT2D eigenvalue weighted by Crippen LogP contribution is 2.32. The van der Waals surface area contributed by atoms with E-state index in [0.29, 0.717) is 13.3 Å². The molecule has 3 rings (SSSR count). The summed E-state index contributed by atoms with van der Waals surface area (Å²) in [4.78, 5) is 7.30. The number of ether oxygens (including phenoxy) is 2. The molecule has 1 aromatic rings. The van der Waals surface area contributed by atoms with Gasteiger partial charge < -0.3 is 25.0 Å². The Kier molecular flexibility index (Phi) is 7.63. The molecule has 0 saturated carbocycles. The molecule has 0 aliphatic carbocycles. The fraction of sp³-hybridized carbons (Fsp3) is 0.667. The maximum atomic E-state index is 5.44. The Morgan fingerprint density at radius 3 is 2.78 bits per heavy atom. The summed E-state index contributed by atoms with van der Waals surface area (Å²) in [6, 6.07) is 6.00. The van der Waals surface area contributed by atoms with Gasteiger partial charge in [0.2, 0.25) is 6.79 Å². The van der Waals surface area contributed by atoms with E-state index in [9.17, 15) is 0 Å². The van der Waals surface area contributed by atoms with Crippen LogP contribution in [0, 0.1) is 5.92 Å². The van der Waals surface area contributed by atoms with E-state index in [4.69, 9.17) is 14.5 Å². The highest BCUT2D eigenvalue weighted by molar-refractivity contribution is 5.79. The Balaban J connectivity index is 1.37. The lowest BCUT2D eigenvalue weighted by Gasteiger charge is -2.30. The highest BCUT2D eigenvalue weighted by atomic mass is 16.7. The van der Waals surface area contributed by atoms with Crippen LogP contribution in [-0.2, 0) is 6.54 Å². The van der Waals surface area contributed by atoms with Crippen molar-refractivity contribution in [2.45, 2.75) is 46.1 Å². The van der Waals surface area contributed by atoms with Gasteiger partial charge in [-0.25, -0.2) is 4.99 Å². The minimum atomic E-state index is 0.308. The summed E-state index contributed by atoms with van der Waals surface area (Å²) in [5, 5.41) is 6.78. The van der Waals surface area contributed by atoms with E-state index in [1.165, 1.54) is 45.3 Å². The normalized spacial score (nSPS) is 17.9. The molecule has 2 aliphatic rings. The summed E-state index contributed by atoms with van der Waals surface area (Å²) in [7, 11) is 0. The van der Waals surface area contributed by atoms with Crippen LogP contribution in [0.5, 0.6) is 11.5 Å². The summed E-state index contributed by atoms with van der Waals surface area (Å²) in [6.07, 6.45) is 5.12. The van der Waals surface area contributed by atoms with Gasteiger partial charge in [0.25, 0.3) is 0 Å². The molecule has 6 heteroatoms. The van der Waals surface area contributed by atoms with Gasteiger partial charge in [0.1, 0.15) is 0 Å². The zero-order valence-electron chi connectivity index (χ0n) is 16.8. The maximum Gasteiger partial charge on any atom is 0.231 e. The molecule has 0 spiro atoms. The van der Waals surface area contributed by atoms with E-state index >= 15 is 0 Å². The molecule has 27 heavy (non-hydrogen) atoms. The first-order chi connectivity index (χ1) is 13.2. The van der Waals surface area contributed by atoms with Crippen molar-refractivity contribution in [1.82, 2.24) is 15.5 Å². The molecule has 0 unspecified atom stereocenters. The molecule has 0 amide bonds. The van der Waals surface area contributed by atoms with Crippen molar-refractivity contribution >= 4 is 5.96 Å². The third kappa shape index (κ3) is 6.31. The fourth-order valence-electron chi connectivity index (χ4n) is 3.50. The highest BCUT2D eigenvalue weighted by Gasteiger charge is 2.15. The van der Waals surface area contributed by atoms with E-state index in [2.05, 4.69) is 29.4 Å². The van der Waals surface area contributed by atoms with E-state index in [0.717, 1.165) is 42.0 Å². The molecule has 0 radical (unpaired) electrons. The average molecular weight is 375 g/mol. The number of likely N-dealkylation sites (tertiary alicyclic amines) is 1. The summed E-state index contributed by atoms with van der Waals surface area (Å²) in [6.45, 7) is 11.0. The third-order valence-electron chi connectivity index (χ3n) is 5.27. The molecule has 2 N–H and O–H groups in total. The fourth-order valence-corrected chi connectivity index (χ4v) is 3.50. The lowest BCUT2D eigenvalue weighted by molar-refractivity contribution is 0.174. The van der Waals surface area contributed by atoms with Gasteiger partial charge in [-0.2, -0.15) is 0 Å². The van der Waals surface area contributed by atoms with Crippen molar-refractivity contribution in [3.63, 3.8) is 0 Å². The van der Waals surface area contributed by atoms with Gasteiger partial charge in [0.05, 0.1) is 6.54 Å². The van der Waals surface area contributed by atoms with Gasteiger partial charge in [-0.1, -0.05) is 13.0 Å². The number of hydrogen-bond acceptors (Lipinski definition) is 4. The van der Waals surface area contributed by atoms with Crippen molar-refractivity contribution in [2.24, 2.45) is 10.9 Å². The second kappa shape index (κ2) is 10.4. The molecule has 6 nitrogen and oxygen atoms in total. The number of nitrogens with one attached hydrogen (secondary N) is 2. The quantitative estimate of drug-likeness (QED) is 0.416. The van der Waals surface area contributed by atoms with Crippen LogP contribution in [0.1, 0.15) is 45.1 Å². The molecule has 150 valence electrons. The van der Waals surface area contributed by atoms with Gasteiger partial charge in [-0.3, -0.25) is 0 Å². The number of piperidine rings is 1. The first-order valence-corrected chi connectivity index (χ1v) is 10.4. The van der Waals surface area contributed by atoms with Crippen molar-refractivity contribution in [3.8, 4) is 11.5 Å². The van der Waals surface area contributed by atoms with Gasteiger partial charge in [-0.15, -0.1) is 0 Å². The largest absolute Gasteiger partial charge is 0.454 e. The number of aliphatic imine (C=N–C) groups is 1. The number of fused-ring (bicyclic) bond motifs is 1. The molecule has 0 aromatic heterocycles. The SMILES string of the molecule is CCNC(=NCc1ccc2c(c1)OCO2)NCCCCN1CCC(C)CC1. The molecule has 1 fully saturated rings. The Morgan fingerprint density at radius 2 is 1.96 bits per heavy atom. The second-order valence-electron chi connectivity index (χ2n) is 7.54. The monoisotopic (exact) mass is 374 g/mol. The van der Waals surface area contributed by atoms with E-state index in [1.54, 1.807) is 0 Å². The zero-order chi connectivity index (χ0) is 18.9. The number of hydrogen-bond donors (Lipinski definition) is 2. The first-order valence-electron chi connectivity index (χ1n) is 10.4. The van der Waals surface area contributed by atoms with Crippen LogP contribution in [0.15, 0.2) is 23.2 Å². The van der Waals surface area contributed by atoms with Gasteiger partial charge in [-0.05, 0) is 75.9 Å². The smallest absolute Gasteiger partial charge is 0.231 e. The lowest BCUT2D eigenvalue weighted by atomic mass is 9.99. The molecule has 2 aliphatic heterocycles. The predicted molar refractivity (Wildman–Crippen MR) is 109 cm³/mol. The average Bonchev–Trinajstić information content (AvgIpc) is 3.15. The van der Waals surface area contributed by atoms with Gasteiger partial charge in [0.15, 0.2) is 17.5 Å². The third-order valence-corrected chi connectivity index (χ3v) is 5.27. The van der Waals surface area contributed by atoms with Crippen LogP contribution in [0.3, 0.4) is 0 Å². The van der Waals surface area contributed by atoms with Crippen LogP contribution < -0.4 is 20.1 Å². The minimum Gasteiger partial charge on any atom is -0.454 e. The number of guanidine groups is 1. The number of unbranched alkanes of at least 4 members (excludes halogenated alkanes) is 1. The molecule has 0 atom stereocenters. The summed E-state index contributed by atoms with van der Waals surface area (Å²) >= 11 is 0. The van der Waals surface area contributed by atoms with Crippen molar-refractivity contribution in [3.05, 3.63) is 23.8 Å². The Hall–Kier alpha value is -1.95. The summed E-state index contributed by atoms with van der Waals surface area (Å²) in [5.74, 6) is 3.41. The second-order valence-corrected chi connectivity index (χ2v) is 7.54. The summed E-state index contributed by atoms with van der Waals surface area (Å²) < 4.78 is 10.8. The van der Waals surface area contributed by atoms with Crippen LogP contribution in [-0.4, -0.2) is 50.4 Å². The molecule has 2 heterocycles. The lowest BCUT2D eigenvalue weighted by Crippen LogP contribution is -2.38. The minimum absolute atomic E-state index is 0.308. The van der Waals surface area contributed by atoms with Crippen LogP contribution in [0.2, 0.25) is 0 Å². The van der Waals surface area contributed by atoms with Crippen LogP contribution >= 0.6 is 0 Å². The van der Waals surface area contributed by atoms with E-state index in [-0.39, 0.29) is 0 Å². The van der Waals surface area contributed by atoms with Gasteiger partial charge >= 0.3 is 0 Å². The van der Waals surface area contributed by atoms with E-state index < -0.39 is 0 Å². The topological polar surface area (TPSA) is 58.1 Å². The molecule has 0 bridgehead atoms. The molecular formula is C21H34N4O2. The van der Waals surface area contributed by atoms with Crippen molar-refractivity contribution in [1.29, 1.82) is 0 Å². The Labute approximate surface area is 163 Å². The van der Waals surface area contributed by atoms with Crippen molar-refractivity contribution < 1.29 is 9.47 Å². The first kappa shape index (κ1) is 19.8. The number of nitrogens with zero attached hydrogens (tertiary/aromatic N) is 2. The molecule has 1 aromatic carbocycles. The predicted octanol–water partition coefficient (Wildman–Crippen LogP) is 2.98. The molecule has 1 saturated heterocycles. The molecular weight excluding hydrogens is 340 g/mol. The van der Waals surface area contributed by atoms with Gasteiger partial charge in [0, 0.05) is 13.1 Å². The zero-order valence-corrected chi connectivity index (χ0v) is 16.8. The van der Waals surface area contributed by atoms with E-state index in [1.807, 2.05) is 18.2 Å².